The molecule has 5 nitrogen and oxygen atoms in total. The molecule has 2 saturated heterocycles. The van der Waals surface area contributed by atoms with Crippen LogP contribution in [0.1, 0.15) is 0 Å². The van der Waals surface area contributed by atoms with Crippen molar-refractivity contribution in [2.24, 2.45) is 5.73 Å². The standard InChI is InChI=1S/C12H27NO4Si2/c1-18(2,3)16-10-8-7-14-11(10)9(13)12(15-8)17-19(4,5)6/h8-12H,7,13H2,1-6H3. The minimum absolute atomic E-state index is 0.0387. The van der Waals surface area contributed by atoms with Gasteiger partial charge < -0.3 is 24.1 Å². The van der Waals surface area contributed by atoms with E-state index >= 15 is 0 Å². The van der Waals surface area contributed by atoms with Crippen molar-refractivity contribution in [2.75, 3.05) is 6.61 Å². The van der Waals surface area contributed by atoms with Crippen molar-refractivity contribution >= 4 is 16.6 Å². The van der Waals surface area contributed by atoms with Gasteiger partial charge in [0.25, 0.3) is 0 Å². The highest BCUT2D eigenvalue weighted by Crippen LogP contribution is 2.33. The first kappa shape index (κ1) is 15.6. The monoisotopic (exact) mass is 305 g/mol. The lowest BCUT2D eigenvalue weighted by molar-refractivity contribution is -0.185. The third-order valence-corrected chi connectivity index (χ3v) is 5.02. The van der Waals surface area contributed by atoms with Gasteiger partial charge in [-0.3, -0.25) is 0 Å². The van der Waals surface area contributed by atoms with E-state index in [0.29, 0.717) is 6.61 Å². The largest absolute Gasteiger partial charge is 0.409 e. The molecule has 0 saturated carbocycles. The predicted molar refractivity (Wildman–Crippen MR) is 79.0 cm³/mol. The molecule has 0 amide bonds. The molecule has 5 unspecified atom stereocenters. The van der Waals surface area contributed by atoms with E-state index in [1.54, 1.807) is 0 Å². The molecule has 0 radical (unpaired) electrons. The first-order chi connectivity index (χ1) is 8.57. The van der Waals surface area contributed by atoms with Crippen molar-refractivity contribution in [3.8, 4) is 0 Å². The van der Waals surface area contributed by atoms with Crippen molar-refractivity contribution < 1.29 is 18.3 Å². The number of hydrogen-bond donors (Lipinski definition) is 1. The minimum Gasteiger partial charge on any atom is -0.409 e. The van der Waals surface area contributed by atoms with E-state index in [0.717, 1.165) is 0 Å². The number of ether oxygens (including phenoxy) is 2. The van der Waals surface area contributed by atoms with E-state index in [9.17, 15) is 0 Å². The van der Waals surface area contributed by atoms with Crippen molar-refractivity contribution in [3.63, 3.8) is 0 Å². The van der Waals surface area contributed by atoms with Crippen LogP contribution in [0.25, 0.3) is 0 Å². The highest BCUT2D eigenvalue weighted by atomic mass is 28.4. The molecule has 2 aliphatic heterocycles. The van der Waals surface area contributed by atoms with E-state index in [1.807, 2.05) is 0 Å². The van der Waals surface area contributed by atoms with Crippen LogP contribution in [-0.2, 0) is 18.3 Å². The summed E-state index contributed by atoms with van der Waals surface area (Å²) in [5.74, 6) is 0. The first-order valence-electron chi connectivity index (χ1n) is 6.95. The molecule has 0 aliphatic carbocycles. The molecular weight excluding hydrogens is 278 g/mol. The van der Waals surface area contributed by atoms with Gasteiger partial charge in [-0.15, -0.1) is 0 Å². The molecule has 0 aromatic carbocycles. The van der Waals surface area contributed by atoms with Crippen molar-refractivity contribution in [1.82, 2.24) is 0 Å². The van der Waals surface area contributed by atoms with Gasteiger partial charge >= 0.3 is 0 Å². The number of rotatable bonds is 4. The normalized spacial score (nSPS) is 39.6. The molecule has 7 heteroatoms. The molecule has 2 bridgehead atoms. The number of nitrogens with two attached hydrogens (primary N) is 1. The van der Waals surface area contributed by atoms with Crippen LogP contribution in [-0.4, -0.2) is 53.9 Å². The summed E-state index contributed by atoms with van der Waals surface area (Å²) in [7, 11) is -3.31. The smallest absolute Gasteiger partial charge is 0.187 e. The molecule has 5 atom stereocenters. The summed E-state index contributed by atoms with van der Waals surface area (Å²) in [5, 5.41) is 0. The highest BCUT2D eigenvalue weighted by molar-refractivity contribution is 6.70. The second-order valence-electron chi connectivity index (χ2n) is 7.34. The fourth-order valence-corrected chi connectivity index (χ4v) is 4.49. The molecule has 0 aromatic heterocycles. The summed E-state index contributed by atoms with van der Waals surface area (Å²) in [6, 6.07) is -0.271. The van der Waals surface area contributed by atoms with Crippen LogP contribution in [0, 0.1) is 0 Å². The summed E-state index contributed by atoms with van der Waals surface area (Å²) < 4.78 is 24.0. The number of hydrogen-bond acceptors (Lipinski definition) is 5. The molecule has 2 N–H and O–H groups in total. The Morgan fingerprint density at radius 1 is 1.00 bits per heavy atom. The van der Waals surface area contributed by atoms with E-state index in [2.05, 4.69) is 39.3 Å². The van der Waals surface area contributed by atoms with Crippen LogP contribution in [0.2, 0.25) is 39.3 Å². The van der Waals surface area contributed by atoms with Crippen LogP contribution in [0.4, 0.5) is 0 Å². The topological polar surface area (TPSA) is 62.9 Å². The molecule has 0 spiro atoms. The Bertz CT molecular complexity index is 329. The molecular formula is C12H27NO4Si2. The Balaban J connectivity index is 2.05. The van der Waals surface area contributed by atoms with E-state index in [-0.39, 0.29) is 30.6 Å². The fourth-order valence-electron chi connectivity index (χ4n) is 2.48. The molecule has 112 valence electrons. The molecule has 2 rings (SSSR count). The van der Waals surface area contributed by atoms with Gasteiger partial charge in [0.05, 0.1) is 12.6 Å². The Morgan fingerprint density at radius 3 is 2.11 bits per heavy atom. The van der Waals surface area contributed by atoms with Gasteiger partial charge in [0.2, 0.25) is 0 Å². The van der Waals surface area contributed by atoms with E-state index in [1.165, 1.54) is 0 Å². The summed E-state index contributed by atoms with van der Waals surface area (Å²) in [5.41, 5.74) is 6.26. The van der Waals surface area contributed by atoms with Gasteiger partial charge in [0.1, 0.15) is 18.3 Å². The van der Waals surface area contributed by atoms with Crippen molar-refractivity contribution in [1.29, 1.82) is 0 Å². The molecule has 2 fully saturated rings. The second-order valence-corrected chi connectivity index (χ2v) is 16.3. The van der Waals surface area contributed by atoms with Gasteiger partial charge in [-0.1, -0.05) is 0 Å². The lowest BCUT2D eigenvalue weighted by atomic mass is 10.0. The summed E-state index contributed by atoms with van der Waals surface area (Å²) >= 11 is 0. The third kappa shape index (κ3) is 3.87. The summed E-state index contributed by atoms with van der Waals surface area (Å²) in [6.07, 6.45) is -0.543. The zero-order valence-corrected chi connectivity index (χ0v) is 14.8. The van der Waals surface area contributed by atoms with Crippen LogP contribution < -0.4 is 5.73 Å². The SMILES string of the molecule is C[Si](C)(C)OC1OC2COC(C1N)C2O[Si](C)(C)C. The Kier molecular flexibility index (Phi) is 4.28. The lowest BCUT2D eigenvalue weighted by Gasteiger charge is -2.42. The fraction of sp³-hybridized carbons (Fsp3) is 1.00. The van der Waals surface area contributed by atoms with Gasteiger partial charge in [0.15, 0.2) is 22.9 Å². The van der Waals surface area contributed by atoms with Crippen LogP contribution in [0.5, 0.6) is 0 Å². The minimum atomic E-state index is -1.68. The molecule has 2 aliphatic rings. The average Bonchev–Trinajstić information content (AvgIpc) is 2.46. The highest BCUT2D eigenvalue weighted by Gasteiger charge is 2.52. The maximum Gasteiger partial charge on any atom is 0.187 e. The van der Waals surface area contributed by atoms with Crippen LogP contribution in [0.15, 0.2) is 0 Å². The lowest BCUT2D eigenvalue weighted by Crippen LogP contribution is -2.61. The van der Waals surface area contributed by atoms with E-state index < -0.39 is 16.6 Å². The summed E-state index contributed by atoms with van der Waals surface area (Å²) in [4.78, 5) is 0. The maximum absolute atomic E-state index is 6.26. The molecule has 0 aromatic rings. The van der Waals surface area contributed by atoms with Gasteiger partial charge in [-0.2, -0.15) is 0 Å². The second kappa shape index (κ2) is 5.21. The van der Waals surface area contributed by atoms with E-state index in [4.69, 9.17) is 24.1 Å². The van der Waals surface area contributed by atoms with Crippen molar-refractivity contribution in [2.45, 2.75) is 69.9 Å². The molecule has 2 heterocycles. The Morgan fingerprint density at radius 2 is 1.58 bits per heavy atom. The van der Waals surface area contributed by atoms with Gasteiger partial charge in [-0.25, -0.2) is 0 Å². The maximum atomic E-state index is 6.26. The predicted octanol–water partition coefficient (Wildman–Crippen LogP) is 1.51. The Labute approximate surface area is 118 Å². The van der Waals surface area contributed by atoms with Crippen LogP contribution >= 0.6 is 0 Å². The zero-order chi connectivity index (χ0) is 14.4. The van der Waals surface area contributed by atoms with Gasteiger partial charge in [-0.05, 0) is 39.3 Å². The first-order valence-corrected chi connectivity index (χ1v) is 13.8. The third-order valence-electron chi connectivity index (χ3n) is 3.11. The van der Waals surface area contributed by atoms with Gasteiger partial charge in [0, 0.05) is 0 Å². The molecule has 19 heavy (non-hydrogen) atoms. The Hall–Kier alpha value is 0.234. The number of fused-ring (bicyclic) bond motifs is 2. The summed E-state index contributed by atoms with van der Waals surface area (Å²) in [6.45, 7) is 13.5. The van der Waals surface area contributed by atoms with Crippen LogP contribution in [0.3, 0.4) is 0 Å². The zero-order valence-electron chi connectivity index (χ0n) is 12.8. The van der Waals surface area contributed by atoms with Crippen molar-refractivity contribution in [3.05, 3.63) is 0 Å². The average molecular weight is 306 g/mol. The quantitative estimate of drug-likeness (QED) is 0.798.